The van der Waals surface area contributed by atoms with E-state index in [4.69, 9.17) is 0 Å². The molecule has 2 aromatic carbocycles. The summed E-state index contributed by atoms with van der Waals surface area (Å²) in [4.78, 5) is 39.8. The molecule has 1 saturated heterocycles. The van der Waals surface area contributed by atoms with E-state index in [0.717, 1.165) is 5.56 Å². The molecule has 0 spiro atoms. The van der Waals surface area contributed by atoms with Crippen LogP contribution in [0.3, 0.4) is 0 Å². The fraction of sp³-hybridized carbons (Fsp3) is 0.286. The normalized spacial score (nSPS) is 14.6. The van der Waals surface area contributed by atoms with Gasteiger partial charge in [0.05, 0.1) is 0 Å². The number of nitrogens with one attached hydrogen (secondary N) is 1. The van der Waals surface area contributed by atoms with E-state index in [0.29, 0.717) is 30.9 Å². The summed E-state index contributed by atoms with van der Waals surface area (Å²) in [6.07, 6.45) is 0. The molecule has 1 fully saturated rings. The number of rotatable bonds is 5. The monoisotopic (exact) mass is 383 g/mol. The van der Waals surface area contributed by atoms with Crippen molar-refractivity contribution < 1.29 is 18.8 Å². The Kier molecular flexibility index (Phi) is 5.73. The molecule has 1 aliphatic rings. The van der Waals surface area contributed by atoms with Crippen molar-refractivity contribution in [1.82, 2.24) is 9.80 Å². The average Bonchev–Trinajstić information content (AvgIpc) is 2.66. The molecular formula is C21H22FN3O3. The van der Waals surface area contributed by atoms with Crippen LogP contribution in [0.15, 0.2) is 48.5 Å². The Morgan fingerprint density at radius 1 is 1.07 bits per heavy atom. The highest BCUT2D eigenvalue weighted by molar-refractivity contribution is 6.35. The van der Waals surface area contributed by atoms with E-state index in [1.165, 1.54) is 23.1 Å². The molecule has 0 radical (unpaired) electrons. The van der Waals surface area contributed by atoms with Gasteiger partial charge in [-0.3, -0.25) is 14.4 Å². The minimum Gasteiger partial charge on any atom is -0.330 e. The minimum atomic E-state index is -0.507. The molecule has 146 valence electrons. The second-order valence-corrected chi connectivity index (χ2v) is 6.98. The summed E-state index contributed by atoms with van der Waals surface area (Å²) in [5.74, 6) is -1.76. The molecule has 0 aromatic heterocycles. The van der Waals surface area contributed by atoms with Crippen molar-refractivity contribution in [2.75, 3.05) is 18.4 Å². The third-order valence-electron chi connectivity index (χ3n) is 4.64. The van der Waals surface area contributed by atoms with Crippen LogP contribution in [-0.2, 0) is 16.1 Å². The van der Waals surface area contributed by atoms with Gasteiger partial charge in [0.2, 0.25) is 0 Å². The number of anilines is 1. The topological polar surface area (TPSA) is 69.7 Å². The van der Waals surface area contributed by atoms with Gasteiger partial charge < -0.3 is 15.1 Å². The lowest BCUT2D eigenvalue weighted by Crippen LogP contribution is -2.55. The third-order valence-corrected chi connectivity index (χ3v) is 4.64. The highest BCUT2D eigenvalue weighted by Crippen LogP contribution is 2.15. The molecule has 0 aliphatic carbocycles. The Bertz CT molecular complexity index is 896. The predicted molar refractivity (Wildman–Crippen MR) is 103 cm³/mol. The van der Waals surface area contributed by atoms with Crippen molar-refractivity contribution in [2.45, 2.75) is 26.4 Å². The first-order valence-electron chi connectivity index (χ1n) is 9.11. The molecule has 0 unspecified atom stereocenters. The van der Waals surface area contributed by atoms with E-state index in [9.17, 15) is 18.8 Å². The number of benzene rings is 2. The summed E-state index contributed by atoms with van der Waals surface area (Å²) in [5, 5.41) is 2.63. The van der Waals surface area contributed by atoms with Gasteiger partial charge in [0, 0.05) is 36.9 Å². The van der Waals surface area contributed by atoms with Crippen LogP contribution < -0.4 is 5.32 Å². The number of piperazine rings is 1. The molecule has 2 aromatic rings. The van der Waals surface area contributed by atoms with Gasteiger partial charge in [-0.15, -0.1) is 0 Å². The summed E-state index contributed by atoms with van der Waals surface area (Å²) >= 11 is 0. The Hall–Kier alpha value is -3.22. The van der Waals surface area contributed by atoms with Crippen LogP contribution in [0.5, 0.6) is 0 Å². The lowest BCUT2D eigenvalue weighted by Gasteiger charge is -2.36. The number of halogens is 1. The number of nitrogens with zero attached hydrogens (tertiary/aromatic N) is 2. The second-order valence-electron chi connectivity index (χ2n) is 6.98. The lowest BCUT2D eigenvalue weighted by atomic mass is 10.1. The number of carbonyl (C=O) groups excluding carboxylic acids is 3. The first kappa shape index (κ1) is 19.5. The van der Waals surface area contributed by atoms with Gasteiger partial charge in [-0.1, -0.05) is 18.2 Å². The summed E-state index contributed by atoms with van der Waals surface area (Å²) in [6.45, 7) is 5.06. The van der Waals surface area contributed by atoms with Gasteiger partial charge in [-0.25, -0.2) is 4.39 Å². The predicted octanol–water partition coefficient (Wildman–Crippen LogP) is 2.66. The Labute approximate surface area is 162 Å². The summed E-state index contributed by atoms with van der Waals surface area (Å²) in [5.41, 5.74) is 1.61. The zero-order valence-electron chi connectivity index (χ0n) is 15.8. The average molecular weight is 383 g/mol. The van der Waals surface area contributed by atoms with Gasteiger partial charge in [-0.05, 0) is 49.7 Å². The van der Waals surface area contributed by atoms with Crippen LogP contribution in [-0.4, -0.2) is 46.7 Å². The van der Waals surface area contributed by atoms with Crippen molar-refractivity contribution >= 4 is 23.4 Å². The first-order chi connectivity index (χ1) is 13.3. The van der Waals surface area contributed by atoms with E-state index in [1.54, 1.807) is 35.2 Å². The van der Waals surface area contributed by atoms with Crippen molar-refractivity contribution in [3.63, 3.8) is 0 Å². The Balaban J connectivity index is 1.62. The highest BCUT2D eigenvalue weighted by atomic mass is 19.1. The van der Waals surface area contributed by atoms with Crippen molar-refractivity contribution in [1.29, 1.82) is 0 Å². The standard InChI is InChI=1S/C21H22FN3O3/c1-14(2)25-11-10-24(20(27)21(25)28)13-15-6-8-16(9-7-15)19(26)23-18-5-3-4-17(22)12-18/h3-9,12,14H,10-11,13H2,1-2H3,(H,23,26). The molecule has 7 heteroatoms. The molecule has 1 aliphatic heterocycles. The molecule has 0 bridgehead atoms. The van der Waals surface area contributed by atoms with Crippen LogP contribution in [0.2, 0.25) is 0 Å². The van der Waals surface area contributed by atoms with Gasteiger partial charge in [0.1, 0.15) is 5.82 Å². The van der Waals surface area contributed by atoms with Gasteiger partial charge in [-0.2, -0.15) is 0 Å². The maximum atomic E-state index is 13.2. The maximum Gasteiger partial charge on any atom is 0.312 e. The fourth-order valence-corrected chi connectivity index (χ4v) is 3.08. The highest BCUT2D eigenvalue weighted by Gasteiger charge is 2.33. The summed E-state index contributed by atoms with van der Waals surface area (Å²) < 4.78 is 13.2. The fourth-order valence-electron chi connectivity index (χ4n) is 3.08. The van der Waals surface area contributed by atoms with Crippen molar-refractivity contribution in [3.05, 3.63) is 65.5 Å². The molecule has 0 atom stereocenters. The summed E-state index contributed by atoms with van der Waals surface area (Å²) in [6, 6.07) is 12.4. The van der Waals surface area contributed by atoms with E-state index < -0.39 is 17.6 Å². The molecule has 3 rings (SSSR count). The van der Waals surface area contributed by atoms with Crippen molar-refractivity contribution in [2.24, 2.45) is 0 Å². The number of hydrogen-bond donors (Lipinski definition) is 1. The zero-order chi connectivity index (χ0) is 20.3. The molecule has 6 nitrogen and oxygen atoms in total. The molecule has 1 heterocycles. The van der Waals surface area contributed by atoms with Gasteiger partial charge in [0.25, 0.3) is 5.91 Å². The first-order valence-corrected chi connectivity index (χ1v) is 9.11. The number of amides is 3. The van der Waals surface area contributed by atoms with E-state index in [2.05, 4.69) is 5.32 Å². The molecule has 1 N–H and O–H groups in total. The largest absolute Gasteiger partial charge is 0.330 e. The number of hydrogen-bond acceptors (Lipinski definition) is 3. The lowest BCUT2D eigenvalue weighted by molar-refractivity contribution is -0.157. The van der Waals surface area contributed by atoms with Crippen LogP contribution in [0, 0.1) is 5.82 Å². The van der Waals surface area contributed by atoms with Crippen molar-refractivity contribution in [3.8, 4) is 0 Å². The Morgan fingerprint density at radius 3 is 2.43 bits per heavy atom. The summed E-state index contributed by atoms with van der Waals surface area (Å²) in [7, 11) is 0. The zero-order valence-corrected chi connectivity index (χ0v) is 15.8. The van der Waals surface area contributed by atoms with E-state index in [-0.39, 0.29) is 11.9 Å². The van der Waals surface area contributed by atoms with E-state index in [1.807, 2.05) is 13.8 Å². The van der Waals surface area contributed by atoms with Crippen LogP contribution >= 0.6 is 0 Å². The van der Waals surface area contributed by atoms with Crippen LogP contribution in [0.1, 0.15) is 29.8 Å². The van der Waals surface area contributed by atoms with E-state index >= 15 is 0 Å². The molecule has 28 heavy (non-hydrogen) atoms. The van der Waals surface area contributed by atoms with Gasteiger partial charge in [0.15, 0.2) is 0 Å². The minimum absolute atomic E-state index is 0.00511. The third kappa shape index (κ3) is 4.36. The maximum absolute atomic E-state index is 13.2. The second kappa shape index (κ2) is 8.21. The molecule has 0 saturated carbocycles. The molecule has 3 amide bonds. The Morgan fingerprint density at radius 2 is 1.79 bits per heavy atom. The number of carbonyl (C=O) groups is 3. The van der Waals surface area contributed by atoms with Gasteiger partial charge >= 0.3 is 11.8 Å². The molecular weight excluding hydrogens is 361 g/mol. The van der Waals surface area contributed by atoms with Crippen LogP contribution in [0.4, 0.5) is 10.1 Å². The SMILES string of the molecule is CC(C)N1CCN(Cc2ccc(C(=O)Nc3cccc(F)c3)cc2)C(=O)C1=O. The quantitative estimate of drug-likeness (QED) is 0.807. The van der Waals surface area contributed by atoms with Crippen LogP contribution in [0.25, 0.3) is 0 Å². The smallest absolute Gasteiger partial charge is 0.312 e.